The van der Waals surface area contributed by atoms with E-state index in [9.17, 15) is 4.79 Å². The first-order valence-corrected chi connectivity index (χ1v) is 3.70. The Morgan fingerprint density at radius 2 is 2.46 bits per heavy atom. The highest BCUT2D eigenvalue weighted by molar-refractivity contribution is 5.76. The lowest BCUT2D eigenvalue weighted by Crippen LogP contribution is -2.00. The predicted octanol–water partition coefficient (Wildman–Crippen LogP) is 1.10. The van der Waals surface area contributed by atoms with Crippen molar-refractivity contribution in [3.05, 3.63) is 23.5 Å². The summed E-state index contributed by atoms with van der Waals surface area (Å²) in [6.45, 7) is 1.70. The Morgan fingerprint density at radius 1 is 1.69 bits per heavy atom. The highest BCUT2D eigenvalue weighted by Crippen LogP contribution is 2.14. The van der Waals surface area contributed by atoms with Crippen LogP contribution in [0.15, 0.2) is 12.1 Å². The summed E-state index contributed by atoms with van der Waals surface area (Å²) in [5, 5.41) is 8.26. The summed E-state index contributed by atoms with van der Waals surface area (Å²) >= 11 is 0. The van der Waals surface area contributed by atoms with E-state index in [0.717, 1.165) is 5.69 Å². The van der Waals surface area contributed by atoms with Gasteiger partial charge in [0.25, 0.3) is 0 Å². The molecule has 0 aliphatic rings. The Labute approximate surface area is 75.8 Å². The molecule has 0 N–H and O–H groups in total. The van der Waals surface area contributed by atoms with Crippen LogP contribution in [0.4, 0.5) is 0 Å². The van der Waals surface area contributed by atoms with Gasteiger partial charge in [0, 0.05) is 5.69 Å². The molecule has 0 unspecified atom stereocenters. The van der Waals surface area contributed by atoms with Gasteiger partial charge in [0.05, 0.1) is 0 Å². The average molecular weight is 176 g/mol. The van der Waals surface area contributed by atoms with Crippen molar-refractivity contribution in [2.75, 3.05) is 6.61 Å². The summed E-state index contributed by atoms with van der Waals surface area (Å²) in [6.07, 6.45) is 0.611. The number of aldehydes is 1. The molecule has 0 bridgehead atoms. The number of carbonyl (C=O) groups excluding carboxylic acids is 1. The van der Waals surface area contributed by atoms with Gasteiger partial charge in [0.1, 0.15) is 17.5 Å². The number of carbonyl (C=O) groups is 1. The summed E-state index contributed by atoms with van der Waals surface area (Å²) in [4.78, 5) is 14.5. The number of aryl methyl sites for hydroxylation is 1. The van der Waals surface area contributed by atoms with Crippen molar-refractivity contribution in [3.63, 3.8) is 0 Å². The Kier molecular flexibility index (Phi) is 2.98. The van der Waals surface area contributed by atoms with E-state index in [1.54, 1.807) is 19.1 Å². The Hall–Kier alpha value is -1.89. The molecule has 0 atom stereocenters. The van der Waals surface area contributed by atoms with E-state index < -0.39 is 0 Å². The number of hydrogen-bond acceptors (Lipinski definition) is 4. The molecule has 0 saturated heterocycles. The fourth-order valence-electron chi connectivity index (χ4n) is 0.881. The van der Waals surface area contributed by atoms with Crippen molar-refractivity contribution < 1.29 is 9.53 Å². The van der Waals surface area contributed by atoms with E-state index in [-0.39, 0.29) is 12.3 Å². The van der Waals surface area contributed by atoms with Crippen LogP contribution in [0.1, 0.15) is 16.2 Å². The second-order valence-corrected chi connectivity index (χ2v) is 2.40. The first-order valence-electron chi connectivity index (χ1n) is 3.70. The lowest BCUT2D eigenvalue weighted by atomic mass is 10.3. The van der Waals surface area contributed by atoms with Gasteiger partial charge in [-0.2, -0.15) is 5.26 Å². The van der Waals surface area contributed by atoms with Gasteiger partial charge in [0.15, 0.2) is 12.9 Å². The Morgan fingerprint density at radius 3 is 3.08 bits per heavy atom. The third-order valence-corrected chi connectivity index (χ3v) is 1.43. The highest BCUT2D eigenvalue weighted by atomic mass is 16.5. The van der Waals surface area contributed by atoms with Gasteiger partial charge in [-0.05, 0) is 19.1 Å². The first kappa shape index (κ1) is 9.20. The number of rotatable bonds is 3. The molecular formula is C9H8N2O2. The van der Waals surface area contributed by atoms with Crippen molar-refractivity contribution >= 4 is 6.29 Å². The van der Waals surface area contributed by atoms with Gasteiger partial charge in [-0.1, -0.05) is 0 Å². The van der Waals surface area contributed by atoms with E-state index in [0.29, 0.717) is 12.0 Å². The largest absolute Gasteiger partial charge is 0.476 e. The van der Waals surface area contributed by atoms with Gasteiger partial charge in [-0.25, -0.2) is 4.98 Å². The Bertz CT molecular complexity index is 355. The zero-order chi connectivity index (χ0) is 9.68. The van der Waals surface area contributed by atoms with Gasteiger partial charge in [-0.15, -0.1) is 0 Å². The van der Waals surface area contributed by atoms with Crippen LogP contribution in [-0.2, 0) is 0 Å². The average Bonchev–Trinajstić information content (AvgIpc) is 2.16. The van der Waals surface area contributed by atoms with Crippen molar-refractivity contribution in [2.45, 2.75) is 6.92 Å². The molecule has 0 amide bonds. The molecule has 0 aliphatic carbocycles. The van der Waals surface area contributed by atoms with Crippen LogP contribution in [0.2, 0.25) is 0 Å². The summed E-state index contributed by atoms with van der Waals surface area (Å²) < 4.78 is 4.98. The second kappa shape index (κ2) is 4.21. The second-order valence-electron chi connectivity index (χ2n) is 2.40. The van der Waals surface area contributed by atoms with Gasteiger partial charge in [0.2, 0.25) is 0 Å². The maximum atomic E-state index is 10.5. The van der Waals surface area contributed by atoms with Crippen LogP contribution in [0.5, 0.6) is 5.75 Å². The lowest BCUT2D eigenvalue weighted by molar-refractivity contribution is 0.111. The molecule has 13 heavy (non-hydrogen) atoms. The standard InChI is InChI=1S/C9H8N2O2/c1-7-2-3-9(13-5-4-10)8(6-12)11-7/h2-3,6H,5H2,1H3. The van der Waals surface area contributed by atoms with Crippen LogP contribution in [-0.4, -0.2) is 17.9 Å². The predicted molar refractivity (Wildman–Crippen MR) is 45.5 cm³/mol. The Balaban J connectivity index is 2.93. The maximum absolute atomic E-state index is 10.5. The summed E-state index contributed by atoms with van der Waals surface area (Å²) in [6, 6.07) is 5.17. The van der Waals surface area contributed by atoms with Crippen LogP contribution in [0, 0.1) is 18.3 Å². The molecule has 4 nitrogen and oxygen atoms in total. The monoisotopic (exact) mass is 176 g/mol. The SMILES string of the molecule is Cc1ccc(OCC#N)c(C=O)n1. The molecule has 1 aromatic rings. The zero-order valence-electron chi connectivity index (χ0n) is 7.15. The molecule has 1 aromatic heterocycles. The zero-order valence-corrected chi connectivity index (χ0v) is 7.15. The van der Waals surface area contributed by atoms with Crippen molar-refractivity contribution in [3.8, 4) is 11.8 Å². The van der Waals surface area contributed by atoms with Gasteiger partial charge >= 0.3 is 0 Å². The number of pyridine rings is 1. The van der Waals surface area contributed by atoms with E-state index >= 15 is 0 Å². The fraction of sp³-hybridized carbons (Fsp3) is 0.222. The number of hydrogen-bond donors (Lipinski definition) is 0. The van der Waals surface area contributed by atoms with E-state index in [1.807, 2.05) is 6.07 Å². The quantitative estimate of drug-likeness (QED) is 0.647. The molecule has 0 saturated carbocycles. The molecular weight excluding hydrogens is 168 g/mol. The third kappa shape index (κ3) is 2.27. The minimum atomic E-state index is -0.0778. The molecule has 1 heterocycles. The summed E-state index contributed by atoms with van der Waals surface area (Å²) in [5.41, 5.74) is 0.974. The minimum absolute atomic E-state index is 0.0778. The number of nitriles is 1. The summed E-state index contributed by atoms with van der Waals surface area (Å²) in [7, 11) is 0. The van der Waals surface area contributed by atoms with Crippen LogP contribution >= 0.6 is 0 Å². The van der Waals surface area contributed by atoms with Crippen LogP contribution < -0.4 is 4.74 Å². The first-order chi connectivity index (χ1) is 6.27. The molecule has 66 valence electrons. The minimum Gasteiger partial charge on any atom is -0.476 e. The molecule has 1 rings (SSSR count). The van der Waals surface area contributed by atoms with Crippen LogP contribution in [0.25, 0.3) is 0 Å². The molecule has 0 aromatic carbocycles. The van der Waals surface area contributed by atoms with Crippen molar-refractivity contribution in [1.82, 2.24) is 4.98 Å². The van der Waals surface area contributed by atoms with Crippen molar-refractivity contribution in [2.24, 2.45) is 0 Å². The van der Waals surface area contributed by atoms with E-state index in [1.165, 1.54) is 0 Å². The van der Waals surface area contributed by atoms with Crippen LogP contribution in [0.3, 0.4) is 0 Å². The molecule has 0 radical (unpaired) electrons. The molecule has 0 fully saturated rings. The fourth-order valence-corrected chi connectivity index (χ4v) is 0.881. The number of nitrogens with zero attached hydrogens (tertiary/aromatic N) is 2. The third-order valence-electron chi connectivity index (χ3n) is 1.43. The normalized spacial score (nSPS) is 8.92. The number of ether oxygens (including phenoxy) is 1. The molecule has 0 spiro atoms. The van der Waals surface area contributed by atoms with E-state index in [4.69, 9.17) is 10.00 Å². The smallest absolute Gasteiger partial charge is 0.174 e. The van der Waals surface area contributed by atoms with Gasteiger partial charge < -0.3 is 4.74 Å². The maximum Gasteiger partial charge on any atom is 0.174 e. The number of aromatic nitrogens is 1. The van der Waals surface area contributed by atoms with E-state index in [2.05, 4.69) is 4.98 Å². The van der Waals surface area contributed by atoms with Gasteiger partial charge in [-0.3, -0.25) is 4.79 Å². The highest BCUT2D eigenvalue weighted by Gasteiger charge is 2.03. The van der Waals surface area contributed by atoms with Crippen molar-refractivity contribution in [1.29, 1.82) is 5.26 Å². The lowest BCUT2D eigenvalue weighted by Gasteiger charge is -2.03. The topological polar surface area (TPSA) is 63.0 Å². The molecule has 0 aliphatic heterocycles. The summed E-state index contributed by atoms with van der Waals surface area (Å²) in [5.74, 6) is 0.349. The molecule has 4 heteroatoms.